The topological polar surface area (TPSA) is 10.4 Å². The smallest absolute Gasteiger partial charge is 0.262 e. The Bertz CT molecular complexity index is 1300. The molecule has 0 radical (unpaired) electrons. The van der Waals surface area contributed by atoms with Crippen LogP contribution >= 0.6 is 11.3 Å². The minimum Gasteiger partial charge on any atom is -0.378 e. The molecule has 0 fully saturated rings. The number of aromatic nitrogens is 1. The fourth-order valence-corrected chi connectivity index (χ4v) is 5.61. The van der Waals surface area contributed by atoms with Crippen LogP contribution < -0.4 is 18.8 Å². The number of nitrogens with zero attached hydrogens (tertiary/aromatic N) is 4. The highest BCUT2D eigenvalue weighted by Crippen LogP contribution is 2.25. The molecule has 0 atom stereocenters. The van der Waals surface area contributed by atoms with E-state index in [4.69, 9.17) is 0 Å². The van der Waals surface area contributed by atoms with Crippen molar-refractivity contribution in [2.75, 3.05) is 58.6 Å². The van der Waals surface area contributed by atoms with Gasteiger partial charge in [0.15, 0.2) is 6.54 Å². The van der Waals surface area contributed by atoms with E-state index in [9.17, 15) is 0 Å². The van der Waals surface area contributed by atoms with Crippen molar-refractivity contribution in [3.63, 3.8) is 0 Å². The van der Waals surface area contributed by atoms with Gasteiger partial charge in [-0.25, -0.2) is 0 Å². The number of aryl methyl sites for hydroxylation is 1. The number of fused-ring (bicyclic) bond motifs is 1. The maximum absolute atomic E-state index is 2.50. The van der Waals surface area contributed by atoms with Gasteiger partial charge in [-0.1, -0.05) is 35.6 Å². The van der Waals surface area contributed by atoms with Gasteiger partial charge < -0.3 is 9.80 Å². The molecule has 1 heterocycles. The van der Waals surface area contributed by atoms with E-state index in [1.807, 2.05) is 11.3 Å². The predicted molar refractivity (Wildman–Crippen MR) is 160 cm³/mol. The van der Waals surface area contributed by atoms with Gasteiger partial charge in [0.05, 0.1) is 20.6 Å². The van der Waals surface area contributed by atoms with Crippen LogP contribution in [-0.4, -0.2) is 48.8 Å². The number of para-hydroxylation sites is 1. The molecule has 1 aromatic heterocycles. The average Bonchev–Trinajstić information content (AvgIpc) is 3.23. The van der Waals surface area contributed by atoms with Gasteiger partial charge in [0.25, 0.3) is 5.01 Å². The normalized spacial score (nSPS) is 11.9. The second kappa shape index (κ2) is 11.3. The first-order chi connectivity index (χ1) is 17.2. The SMILES string of the molecule is CN(C)c1ccc(/C=C/c2sc3ccccc3[n+]2CCCC[N+](C)(C)c2ccc(N(C)C)cc2)cc1. The third-order valence-corrected chi connectivity index (χ3v) is 8.01. The molecule has 0 saturated carbocycles. The van der Waals surface area contributed by atoms with Gasteiger partial charge in [0.1, 0.15) is 10.4 Å². The highest BCUT2D eigenvalue weighted by molar-refractivity contribution is 7.18. The molecule has 0 aliphatic carbocycles. The summed E-state index contributed by atoms with van der Waals surface area (Å²) in [5.41, 5.74) is 6.38. The highest BCUT2D eigenvalue weighted by Gasteiger charge is 2.21. The monoisotopic (exact) mass is 500 g/mol. The Balaban J connectivity index is 1.44. The lowest BCUT2D eigenvalue weighted by Gasteiger charge is -2.29. The van der Waals surface area contributed by atoms with E-state index in [2.05, 4.69) is 142 Å². The van der Waals surface area contributed by atoms with Gasteiger partial charge in [-0.2, -0.15) is 4.57 Å². The summed E-state index contributed by atoms with van der Waals surface area (Å²) in [6.07, 6.45) is 6.84. The van der Waals surface area contributed by atoms with E-state index in [1.165, 1.54) is 44.3 Å². The number of thiazole rings is 1. The lowest BCUT2D eigenvalue weighted by atomic mass is 10.2. The van der Waals surface area contributed by atoms with E-state index in [-0.39, 0.29) is 0 Å². The van der Waals surface area contributed by atoms with Crippen LogP contribution in [0.3, 0.4) is 0 Å². The van der Waals surface area contributed by atoms with E-state index < -0.39 is 0 Å². The van der Waals surface area contributed by atoms with Gasteiger partial charge in [-0.3, -0.25) is 4.48 Å². The maximum Gasteiger partial charge on any atom is 0.262 e. The minimum atomic E-state index is 0.901. The zero-order chi connectivity index (χ0) is 25.7. The molecule has 0 saturated heterocycles. The van der Waals surface area contributed by atoms with Crippen LogP contribution in [0, 0.1) is 0 Å². The van der Waals surface area contributed by atoms with Crippen LogP contribution in [0.25, 0.3) is 22.4 Å². The second-order valence-electron chi connectivity index (χ2n) is 10.4. The Morgan fingerprint density at radius 3 is 2.00 bits per heavy atom. The van der Waals surface area contributed by atoms with Crippen molar-refractivity contribution in [3.8, 4) is 0 Å². The second-order valence-corrected chi connectivity index (χ2v) is 11.5. The Morgan fingerprint density at radius 1 is 0.750 bits per heavy atom. The van der Waals surface area contributed by atoms with Crippen LogP contribution in [0.4, 0.5) is 17.1 Å². The van der Waals surface area contributed by atoms with Crippen molar-refractivity contribution in [2.24, 2.45) is 0 Å². The summed E-state index contributed by atoms with van der Waals surface area (Å²) in [5, 5.41) is 1.31. The van der Waals surface area contributed by atoms with Gasteiger partial charge in [-0.05, 0) is 42.0 Å². The van der Waals surface area contributed by atoms with Crippen molar-refractivity contribution in [1.82, 2.24) is 4.48 Å². The van der Waals surface area contributed by atoms with Gasteiger partial charge in [-0.15, -0.1) is 0 Å². The molecule has 0 aliphatic rings. The summed E-state index contributed by atoms with van der Waals surface area (Å²) >= 11 is 1.88. The minimum absolute atomic E-state index is 0.901. The van der Waals surface area contributed by atoms with Crippen LogP contribution in [0.15, 0.2) is 72.8 Å². The third kappa shape index (κ3) is 6.15. The number of anilines is 2. The van der Waals surface area contributed by atoms with Gasteiger partial charge in [0, 0.05) is 76.7 Å². The first-order valence-corrected chi connectivity index (χ1v) is 13.5. The Morgan fingerprint density at radius 2 is 1.36 bits per heavy atom. The summed E-state index contributed by atoms with van der Waals surface area (Å²) < 4.78 is 4.74. The number of hydrogen-bond acceptors (Lipinski definition) is 3. The number of hydrogen-bond donors (Lipinski definition) is 0. The molecule has 36 heavy (non-hydrogen) atoms. The van der Waals surface area contributed by atoms with E-state index in [0.29, 0.717) is 0 Å². The molecular formula is C31H40N4S+2. The van der Waals surface area contributed by atoms with Crippen molar-refractivity contribution in [3.05, 3.63) is 83.4 Å². The summed E-state index contributed by atoms with van der Waals surface area (Å²) in [6, 6.07) is 26.5. The molecule has 0 spiro atoms. The van der Waals surface area contributed by atoms with E-state index in [0.717, 1.165) is 24.0 Å². The average molecular weight is 501 g/mol. The molecule has 0 bridgehead atoms. The fourth-order valence-electron chi connectivity index (χ4n) is 4.52. The molecule has 0 aliphatic heterocycles. The van der Waals surface area contributed by atoms with E-state index >= 15 is 0 Å². The Hall–Kier alpha value is -3.15. The molecule has 0 N–H and O–H groups in total. The quantitative estimate of drug-likeness (QED) is 0.139. The lowest BCUT2D eigenvalue weighted by molar-refractivity contribution is -0.669. The zero-order valence-electron chi connectivity index (χ0n) is 22.6. The number of unbranched alkanes of at least 4 members (excludes halogenated alkanes) is 1. The summed E-state index contributed by atoms with van der Waals surface area (Å²) in [4.78, 5) is 4.28. The lowest BCUT2D eigenvalue weighted by Crippen LogP contribution is -2.42. The van der Waals surface area contributed by atoms with Crippen molar-refractivity contribution >= 4 is 50.8 Å². The van der Waals surface area contributed by atoms with Crippen molar-refractivity contribution in [2.45, 2.75) is 19.4 Å². The molecule has 0 unspecified atom stereocenters. The fraction of sp³-hybridized carbons (Fsp3) is 0.323. The zero-order valence-corrected chi connectivity index (χ0v) is 23.4. The molecular weight excluding hydrogens is 460 g/mol. The summed E-state index contributed by atoms with van der Waals surface area (Å²) in [5.74, 6) is 0. The Kier molecular flexibility index (Phi) is 8.12. The molecule has 3 aromatic carbocycles. The van der Waals surface area contributed by atoms with E-state index in [1.54, 1.807) is 0 Å². The van der Waals surface area contributed by atoms with Crippen molar-refractivity contribution < 1.29 is 4.57 Å². The van der Waals surface area contributed by atoms with Crippen LogP contribution in [0.5, 0.6) is 0 Å². The molecule has 188 valence electrons. The molecule has 0 amide bonds. The van der Waals surface area contributed by atoms with Crippen LogP contribution in [0.2, 0.25) is 0 Å². The van der Waals surface area contributed by atoms with Crippen molar-refractivity contribution in [1.29, 1.82) is 0 Å². The summed E-state index contributed by atoms with van der Waals surface area (Å²) in [7, 11) is 13.0. The number of quaternary nitrogens is 1. The third-order valence-electron chi connectivity index (χ3n) is 6.88. The Labute approximate surface area is 220 Å². The maximum atomic E-state index is 2.50. The molecule has 5 heteroatoms. The predicted octanol–water partition coefficient (Wildman–Crippen LogP) is 6.54. The molecule has 4 rings (SSSR count). The van der Waals surface area contributed by atoms with Gasteiger partial charge >= 0.3 is 0 Å². The summed E-state index contributed by atoms with van der Waals surface area (Å²) in [6.45, 7) is 2.15. The molecule has 4 nitrogen and oxygen atoms in total. The number of rotatable bonds is 10. The largest absolute Gasteiger partial charge is 0.378 e. The van der Waals surface area contributed by atoms with Crippen LogP contribution in [0.1, 0.15) is 23.4 Å². The van der Waals surface area contributed by atoms with Crippen LogP contribution in [-0.2, 0) is 6.54 Å². The first-order valence-electron chi connectivity index (χ1n) is 12.7. The number of benzene rings is 3. The van der Waals surface area contributed by atoms with Gasteiger partial charge in [0.2, 0.25) is 5.52 Å². The highest BCUT2D eigenvalue weighted by atomic mass is 32.1. The molecule has 4 aromatic rings. The first kappa shape index (κ1) is 25.9. The standard InChI is InChI=1S/C31H40N4S/c1-32(2)26-16-13-25(14-17-26)15-22-31-34(29-11-7-8-12-30(29)36-31)23-9-10-24-35(5,6)28-20-18-27(19-21-28)33(3)4/h7-8,11-22H,9-10,23-24H2,1-6H3/q+2.